The molecule has 0 fully saturated rings. The van der Waals surface area contributed by atoms with Crippen LogP contribution < -0.4 is 10.2 Å². The molecule has 4 nitrogen and oxygen atoms in total. The van der Waals surface area contributed by atoms with E-state index in [-0.39, 0.29) is 24.7 Å². The smallest absolute Gasteiger partial charge is 0.227 e. The van der Waals surface area contributed by atoms with E-state index in [1.165, 1.54) is 5.56 Å². The van der Waals surface area contributed by atoms with E-state index >= 15 is 0 Å². The molecule has 0 bridgehead atoms. The van der Waals surface area contributed by atoms with Gasteiger partial charge in [0.1, 0.15) is 0 Å². The summed E-state index contributed by atoms with van der Waals surface area (Å²) in [5.41, 5.74) is 3.21. The Kier molecular flexibility index (Phi) is 5.99. The summed E-state index contributed by atoms with van der Waals surface area (Å²) in [4.78, 5) is 27.7. The first-order valence-corrected chi connectivity index (χ1v) is 9.79. The topological polar surface area (TPSA) is 49.4 Å². The summed E-state index contributed by atoms with van der Waals surface area (Å²) < 4.78 is 0. The van der Waals surface area contributed by atoms with Gasteiger partial charge in [0, 0.05) is 36.1 Å². The number of thioether (sulfide) groups is 1. The van der Waals surface area contributed by atoms with Crippen LogP contribution in [0.25, 0.3) is 0 Å². The van der Waals surface area contributed by atoms with Crippen LogP contribution in [0, 0.1) is 6.92 Å². The zero-order valence-electron chi connectivity index (χ0n) is 15.2. The van der Waals surface area contributed by atoms with Crippen LogP contribution in [0.15, 0.2) is 53.4 Å². The lowest BCUT2D eigenvalue weighted by atomic mass is 10.1. The van der Waals surface area contributed by atoms with Crippen LogP contribution in [0.4, 0.5) is 5.69 Å². The summed E-state index contributed by atoms with van der Waals surface area (Å²) in [5, 5.41) is 3.24. The molecule has 1 N–H and O–H groups in total. The van der Waals surface area contributed by atoms with E-state index in [9.17, 15) is 9.59 Å². The highest BCUT2D eigenvalue weighted by molar-refractivity contribution is 8.00. The van der Waals surface area contributed by atoms with Gasteiger partial charge in [0.25, 0.3) is 0 Å². The van der Waals surface area contributed by atoms with Crippen molar-refractivity contribution in [2.75, 3.05) is 11.4 Å². The summed E-state index contributed by atoms with van der Waals surface area (Å²) >= 11 is 1.79. The van der Waals surface area contributed by atoms with Gasteiger partial charge in [-0.1, -0.05) is 48.9 Å². The first kappa shape index (κ1) is 18.5. The molecule has 3 rings (SSSR count). The number of amides is 2. The maximum absolute atomic E-state index is 12.7. The highest BCUT2D eigenvalue weighted by Gasteiger charge is 2.26. The second-order valence-corrected chi connectivity index (χ2v) is 8.14. The van der Waals surface area contributed by atoms with Crippen LogP contribution >= 0.6 is 11.8 Å². The van der Waals surface area contributed by atoms with E-state index in [0.717, 1.165) is 16.1 Å². The Morgan fingerprint density at radius 2 is 1.85 bits per heavy atom. The van der Waals surface area contributed by atoms with Crippen LogP contribution in [0.3, 0.4) is 0 Å². The minimum atomic E-state index is -0.0911. The summed E-state index contributed by atoms with van der Waals surface area (Å²) in [6.07, 6.45) is 0.441. The molecule has 2 aromatic rings. The number of anilines is 1. The predicted octanol–water partition coefficient (Wildman–Crippen LogP) is 3.92. The lowest BCUT2D eigenvalue weighted by Crippen LogP contribution is -2.39. The molecule has 2 aromatic carbocycles. The Bertz CT molecular complexity index is 789. The Labute approximate surface area is 159 Å². The van der Waals surface area contributed by atoms with E-state index in [1.54, 1.807) is 11.8 Å². The lowest BCUT2D eigenvalue weighted by molar-refractivity contribution is -0.125. The molecule has 1 heterocycles. The van der Waals surface area contributed by atoms with Crippen molar-refractivity contribution in [1.29, 1.82) is 0 Å². The molecule has 0 aliphatic carbocycles. The third kappa shape index (κ3) is 4.67. The van der Waals surface area contributed by atoms with E-state index in [1.807, 2.05) is 60.4 Å². The maximum atomic E-state index is 12.7. The zero-order chi connectivity index (χ0) is 18.5. The van der Waals surface area contributed by atoms with Gasteiger partial charge in [-0.2, -0.15) is 0 Å². The molecular weight excluding hydrogens is 344 g/mol. The first-order valence-electron chi connectivity index (χ1n) is 8.91. The molecule has 0 saturated carbocycles. The molecule has 1 atom stereocenters. The molecular formula is C21H24N2O2S. The average Bonchev–Trinajstić information content (AvgIpc) is 2.65. The number of nitrogens with one attached hydrogen (secondary N) is 1. The summed E-state index contributed by atoms with van der Waals surface area (Å²) in [6, 6.07) is 16.0. The van der Waals surface area contributed by atoms with Gasteiger partial charge in [0.05, 0.1) is 5.69 Å². The van der Waals surface area contributed by atoms with Crippen LogP contribution in [0.5, 0.6) is 0 Å². The average molecular weight is 369 g/mol. The third-order valence-corrected chi connectivity index (χ3v) is 5.55. The Morgan fingerprint density at radius 3 is 2.62 bits per heavy atom. The first-order chi connectivity index (χ1) is 12.5. The molecule has 5 heteroatoms. The van der Waals surface area contributed by atoms with Crippen molar-refractivity contribution in [3.05, 3.63) is 59.7 Å². The number of hydrogen-bond donors (Lipinski definition) is 1. The van der Waals surface area contributed by atoms with Crippen LogP contribution in [-0.2, 0) is 16.1 Å². The number of rotatable bonds is 5. The van der Waals surface area contributed by atoms with E-state index in [4.69, 9.17) is 0 Å². The number of nitrogens with zero attached hydrogens (tertiary/aromatic N) is 1. The van der Waals surface area contributed by atoms with Crippen molar-refractivity contribution in [1.82, 2.24) is 5.32 Å². The SMILES string of the molecule is Cc1ccc(CNC(=O)CCC(=O)N2CC(C)Sc3ccccc32)cc1. The predicted molar refractivity (Wildman–Crippen MR) is 106 cm³/mol. The number of carbonyl (C=O) groups is 2. The van der Waals surface area contributed by atoms with Crippen molar-refractivity contribution in [3.63, 3.8) is 0 Å². The van der Waals surface area contributed by atoms with Crippen LogP contribution in [0.1, 0.15) is 30.9 Å². The maximum Gasteiger partial charge on any atom is 0.227 e. The molecule has 1 aliphatic heterocycles. The van der Waals surface area contributed by atoms with Gasteiger partial charge in [0.2, 0.25) is 11.8 Å². The van der Waals surface area contributed by atoms with E-state index in [0.29, 0.717) is 18.3 Å². The Hall–Kier alpha value is -2.27. The number of aryl methyl sites for hydroxylation is 1. The molecule has 1 aliphatic rings. The highest BCUT2D eigenvalue weighted by atomic mass is 32.2. The molecule has 0 saturated heterocycles. The van der Waals surface area contributed by atoms with Gasteiger partial charge < -0.3 is 10.2 Å². The van der Waals surface area contributed by atoms with Crippen molar-refractivity contribution in [2.24, 2.45) is 0 Å². The zero-order valence-corrected chi connectivity index (χ0v) is 16.0. The number of para-hydroxylation sites is 1. The Morgan fingerprint density at radius 1 is 1.12 bits per heavy atom. The normalized spacial score (nSPS) is 16.1. The summed E-state index contributed by atoms with van der Waals surface area (Å²) in [5.74, 6) is -0.0817. The molecule has 136 valence electrons. The fraction of sp³-hybridized carbons (Fsp3) is 0.333. The van der Waals surface area contributed by atoms with Crippen LogP contribution in [0.2, 0.25) is 0 Å². The second kappa shape index (κ2) is 8.41. The van der Waals surface area contributed by atoms with Crippen molar-refractivity contribution >= 4 is 29.3 Å². The second-order valence-electron chi connectivity index (χ2n) is 6.66. The third-order valence-electron chi connectivity index (χ3n) is 4.40. The van der Waals surface area contributed by atoms with Gasteiger partial charge in [-0.3, -0.25) is 9.59 Å². The standard InChI is InChI=1S/C21H24N2O2S/c1-15-7-9-17(10-8-15)13-22-20(24)11-12-21(25)23-14-16(2)26-19-6-4-3-5-18(19)23/h3-10,16H,11-14H2,1-2H3,(H,22,24). The molecule has 0 aromatic heterocycles. The van der Waals surface area contributed by atoms with Crippen molar-refractivity contribution < 1.29 is 9.59 Å². The number of carbonyl (C=O) groups excluding carboxylic acids is 2. The fourth-order valence-corrected chi connectivity index (χ4v) is 4.09. The number of hydrogen-bond acceptors (Lipinski definition) is 3. The molecule has 0 spiro atoms. The van der Waals surface area contributed by atoms with Crippen molar-refractivity contribution in [2.45, 2.75) is 43.4 Å². The van der Waals surface area contributed by atoms with E-state index in [2.05, 4.69) is 12.2 Å². The van der Waals surface area contributed by atoms with Gasteiger partial charge in [-0.15, -0.1) is 11.8 Å². The minimum absolute atomic E-state index is 0.00934. The van der Waals surface area contributed by atoms with Crippen molar-refractivity contribution in [3.8, 4) is 0 Å². The van der Waals surface area contributed by atoms with Crippen LogP contribution in [-0.4, -0.2) is 23.6 Å². The molecule has 26 heavy (non-hydrogen) atoms. The van der Waals surface area contributed by atoms with Gasteiger partial charge in [0.15, 0.2) is 0 Å². The highest BCUT2D eigenvalue weighted by Crippen LogP contribution is 2.38. The summed E-state index contributed by atoms with van der Waals surface area (Å²) in [7, 11) is 0. The lowest BCUT2D eigenvalue weighted by Gasteiger charge is -2.32. The quantitative estimate of drug-likeness (QED) is 0.870. The molecule has 1 unspecified atom stereocenters. The summed E-state index contributed by atoms with van der Waals surface area (Å²) in [6.45, 7) is 5.33. The number of benzene rings is 2. The molecule has 0 radical (unpaired) electrons. The van der Waals surface area contributed by atoms with Gasteiger partial charge in [-0.05, 0) is 24.6 Å². The van der Waals surface area contributed by atoms with Gasteiger partial charge >= 0.3 is 0 Å². The molecule has 2 amide bonds. The fourth-order valence-electron chi connectivity index (χ4n) is 2.98. The monoisotopic (exact) mass is 368 g/mol. The minimum Gasteiger partial charge on any atom is -0.352 e. The largest absolute Gasteiger partial charge is 0.352 e. The number of fused-ring (bicyclic) bond motifs is 1. The Balaban J connectivity index is 1.52. The van der Waals surface area contributed by atoms with E-state index < -0.39 is 0 Å². The van der Waals surface area contributed by atoms with Gasteiger partial charge in [-0.25, -0.2) is 0 Å².